The van der Waals surface area contributed by atoms with Gasteiger partial charge >= 0.3 is 39.5 Å². The third-order valence-electron chi connectivity index (χ3n) is 19.5. The summed E-state index contributed by atoms with van der Waals surface area (Å²) >= 11 is 0. The van der Waals surface area contributed by atoms with E-state index in [2.05, 4.69) is 41.5 Å². The van der Waals surface area contributed by atoms with Crippen molar-refractivity contribution in [1.29, 1.82) is 0 Å². The van der Waals surface area contributed by atoms with Gasteiger partial charge in [0.15, 0.2) is 12.2 Å². The lowest BCUT2D eigenvalue weighted by Gasteiger charge is -2.21. The summed E-state index contributed by atoms with van der Waals surface area (Å²) in [6.07, 6.45) is 65.2. The van der Waals surface area contributed by atoms with Gasteiger partial charge in [0, 0.05) is 25.7 Å². The van der Waals surface area contributed by atoms with Gasteiger partial charge in [-0.3, -0.25) is 37.3 Å². The summed E-state index contributed by atoms with van der Waals surface area (Å²) < 4.78 is 68.8. The first kappa shape index (κ1) is 100. The Kier molecular flexibility index (Phi) is 73.1. The second-order valence-electron chi connectivity index (χ2n) is 30.8. The predicted molar refractivity (Wildman–Crippen MR) is 418 cm³/mol. The SMILES string of the molecule is CCCCCCCCCCCCCCCCCCCCCC(=O)O[C@H](COC(=O)CCCCCCCCCCCCCCCCCCC)COP(=O)(O)OC[C@@H](O)COP(=O)(O)OC[C@@H](COC(=O)CCCCCCCCCCCC(C)C)OC(=O)CCCCCCCCCCCCCC(C)C. The Morgan fingerprint density at radius 2 is 0.451 bits per heavy atom. The molecule has 5 atom stereocenters. The van der Waals surface area contributed by atoms with Crippen LogP contribution in [-0.2, 0) is 65.4 Å². The van der Waals surface area contributed by atoms with Gasteiger partial charge < -0.3 is 33.8 Å². The van der Waals surface area contributed by atoms with E-state index in [4.69, 9.17) is 37.0 Å². The van der Waals surface area contributed by atoms with Gasteiger partial charge in [0.25, 0.3) is 0 Å². The molecule has 0 saturated carbocycles. The van der Waals surface area contributed by atoms with Gasteiger partial charge in [-0.25, -0.2) is 9.13 Å². The van der Waals surface area contributed by atoms with E-state index in [1.807, 2.05) is 0 Å². The minimum Gasteiger partial charge on any atom is -0.462 e. The molecule has 0 aliphatic heterocycles. The van der Waals surface area contributed by atoms with Crippen LogP contribution >= 0.6 is 15.6 Å². The molecule has 0 aromatic rings. The summed E-state index contributed by atoms with van der Waals surface area (Å²) in [7, 11) is -9.92. The number of carbonyl (C=O) groups is 4. The first-order chi connectivity index (χ1) is 49.4. The molecule has 0 aromatic carbocycles. The maximum Gasteiger partial charge on any atom is 0.472 e. The first-order valence-electron chi connectivity index (χ1n) is 43.0. The number of unbranched alkanes of at least 4 members (excludes halogenated alkanes) is 52. The Morgan fingerprint density at radius 3 is 0.667 bits per heavy atom. The normalized spacial score (nSPS) is 13.9. The van der Waals surface area contributed by atoms with Gasteiger partial charge in [-0.15, -0.1) is 0 Å². The number of rotatable bonds is 82. The maximum absolute atomic E-state index is 13.1. The summed E-state index contributed by atoms with van der Waals surface area (Å²) in [6, 6.07) is 0. The summed E-state index contributed by atoms with van der Waals surface area (Å²) in [6.45, 7) is 9.64. The highest BCUT2D eigenvalue weighted by Crippen LogP contribution is 2.45. The number of phosphoric acid groups is 2. The highest BCUT2D eigenvalue weighted by atomic mass is 31.2. The van der Waals surface area contributed by atoms with E-state index in [9.17, 15) is 43.2 Å². The standard InChI is InChI=1S/C83H162O17P2/c1-7-9-11-13-15-17-19-21-23-25-26-28-30-32-36-42-49-55-61-67-82(87)99-78(71-93-80(85)65-59-53-47-41-35-31-29-27-24-22-20-18-16-14-12-10-8-2)73-97-101(89,90)95-69-77(84)70-96-102(91,92)98-74-79(72-94-81(86)66-60-54-48-44-38-40-46-52-58-64-76(5)6)100-83(88)68-62-56-50-43-37-33-34-39-45-51-57-63-75(3)4/h75-79,84H,7-74H2,1-6H3,(H,89,90)(H,91,92)/t77-,78-,79-/m1/s1. The average molecular weight is 1490 g/mol. The van der Waals surface area contributed by atoms with Crippen molar-refractivity contribution >= 4 is 39.5 Å². The number of aliphatic hydroxyl groups excluding tert-OH is 1. The van der Waals surface area contributed by atoms with Crippen molar-refractivity contribution < 1.29 is 80.2 Å². The third kappa shape index (κ3) is 76.3. The molecule has 3 N–H and O–H groups in total. The lowest BCUT2D eigenvalue weighted by Crippen LogP contribution is -2.30. The molecule has 606 valence electrons. The second kappa shape index (κ2) is 74.5. The van der Waals surface area contributed by atoms with Crippen molar-refractivity contribution in [1.82, 2.24) is 0 Å². The lowest BCUT2D eigenvalue weighted by atomic mass is 10.0. The molecule has 0 aromatic heterocycles. The fourth-order valence-electron chi connectivity index (χ4n) is 12.9. The Labute approximate surface area is 626 Å². The number of hydrogen-bond acceptors (Lipinski definition) is 15. The molecule has 0 radical (unpaired) electrons. The number of ether oxygens (including phenoxy) is 4. The van der Waals surface area contributed by atoms with Crippen LogP contribution in [0.2, 0.25) is 0 Å². The fraction of sp³-hybridized carbons (Fsp3) is 0.952. The van der Waals surface area contributed by atoms with Gasteiger partial charge in [-0.05, 0) is 37.5 Å². The molecule has 0 fully saturated rings. The molecule has 0 saturated heterocycles. The molecule has 0 amide bonds. The minimum atomic E-state index is -4.96. The van der Waals surface area contributed by atoms with Gasteiger partial charge in [-0.2, -0.15) is 0 Å². The van der Waals surface area contributed by atoms with E-state index >= 15 is 0 Å². The fourth-order valence-corrected chi connectivity index (χ4v) is 14.5. The molecule has 0 aliphatic rings. The van der Waals surface area contributed by atoms with E-state index < -0.39 is 97.5 Å². The van der Waals surface area contributed by atoms with Crippen LogP contribution in [0.3, 0.4) is 0 Å². The molecule has 0 rings (SSSR count). The van der Waals surface area contributed by atoms with Crippen LogP contribution in [0, 0.1) is 11.8 Å². The number of phosphoric ester groups is 2. The van der Waals surface area contributed by atoms with Crippen LogP contribution in [0.5, 0.6) is 0 Å². The van der Waals surface area contributed by atoms with Gasteiger partial charge in [0.05, 0.1) is 26.4 Å². The Hall–Kier alpha value is -1.94. The first-order valence-corrected chi connectivity index (χ1v) is 46.0. The Balaban J connectivity index is 5.26. The van der Waals surface area contributed by atoms with E-state index in [1.165, 1.54) is 257 Å². The average Bonchev–Trinajstić information content (AvgIpc) is 0.912. The minimum absolute atomic E-state index is 0.106. The van der Waals surface area contributed by atoms with E-state index in [-0.39, 0.29) is 25.7 Å². The van der Waals surface area contributed by atoms with Crippen LogP contribution in [0.15, 0.2) is 0 Å². The van der Waals surface area contributed by atoms with Gasteiger partial charge in [0.1, 0.15) is 19.3 Å². The predicted octanol–water partition coefficient (Wildman–Crippen LogP) is 25.1. The van der Waals surface area contributed by atoms with Crippen molar-refractivity contribution in [3.05, 3.63) is 0 Å². The number of carbonyl (C=O) groups excluding carboxylic acids is 4. The smallest absolute Gasteiger partial charge is 0.462 e. The second-order valence-corrected chi connectivity index (χ2v) is 33.7. The van der Waals surface area contributed by atoms with E-state index in [0.29, 0.717) is 25.7 Å². The summed E-state index contributed by atoms with van der Waals surface area (Å²) in [5.41, 5.74) is 0. The van der Waals surface area contributed by atoms with E-state index in [0.717, 1.165) is 102 Å². The molecule has 0 aliphatic carbocycles. The molecule has 19 heteroatoms. The monoisotopic (exact) mass is 1490 g/mol. The van der Waals surface area contributed by atoms with Crippen molar-refractivity contribution in [2.75, 3.05) is 39.6 Å². The van der Waals surface area contributed by atoms with Crippen molar-refractivity contribution in [2.45, 2.75) is 458 Å². The quantitative estimate of drug-likeness (QED) is 0.0222. The van der Waals surface area contributed by atoms with Crippen molar-refractivity contribution in [3.8, 4) is 0 Å². The zero-order valence-corrected chi connectivity index (χ0v) is 68.7. The molecule has 2 unspecified atom stereocenters. The Morgan fingerprint density at radius 1 is 0.265 bits per heavy atom. The van der Waals surface area contributed by atoms with Crippen molar-refractivity contribution in [2.24, 2.45) is 11.8 Å². The zero-order chi connectivity index (χ0) is 74.9. The van der Waals surface area contributed by atoms with Crippen LogP contribution < -0.4 is 0 Å². The molecule has 0 spiro atoms. The lowest BCUT2D eigenvalue weighted by molar-refractivity contribution is -0.161. The molecular weight excluding hydrogens is 1330 g/mol. The van der Waals surface area contributed by atoms with Crippen molar-refractivity contribution in [3.63, 3.8) is 0 Å². The highest BCUT2D eigenvalue weighted by molar-refractivity contribution is 7.47. The molecule has 0 bridgehead atoms. The van der Waals surface area contributed by atoms with E-state index in [1.54, 1.807) is 0 Å². The molecule has 17 nitrogen and oxygen atoms in total. The van der Waals surface area contributed by atoms with Gasteiger partial charge in [-0.1, -0.05) is 388 Å². The Bertz CT molecular complexity index is 1960. The zero-order valence-electron chi connectivity index (χ0n) is 66.9. The van der Waals surface area contributed by atoms with Gasteiger partial charge in [0.2, 0.25) is 0 Å². The number of aliphatic hydroxyl groups is 1. The largest absolute Gasteiger partial charge is 0.472 e. The topological polar surface area (TPSA) is 237 Å². The molecular formula is C83H162O17P2. The molecule has 0 heterocycles. The van der Waals surface area contributed by atoms with Crippen LogP contribution in [0.25, 0.3) is 0 Å². The van der Waals surface area contributed by atoms with Crippen LogP contribution in [0.1, 0.15) is 440 Å². The summed E-state index contributed by atoms with van der Waals surface area (Å²) in [5, 5.41) is 10.7. The number of esters is 4. The maximum atomic E-state index is 13.1. The molecule has 102 heavy (non-hydrogen) atoms. The summed E-state index contributed by atoms with van der Waals surface area (Å²) in [4.78, 5) is 73.1. The highest BCUT2D eigenvalue weighted by Gasteiger charge is 2.30. The number of hydrogen-bond donors (Lipinski definition) is 3. The summed E-state index contributed by atoms with van der Waals surface area (Å²) in [5.74, 6) is -0.596. The third-order valence-corrected chi connectivity index (χ3v) is 21.4. The van der Waals surface area contributed by atoms with Crippen LogP contribution in [-0.4, -0.2) is 96.7 Å². The van der Waals surface area contributed by atoms with Crippen LogP contribution in [0.4, 0.5) is 0 Å².